The first kappa shape index (κ1) is 12.6. The van der Waals surface area contributed by atoms with E-state index < -0.39 is 11.9 Å². The number of rotatable bonds is 2. The van der Waals surface area contributed by atoms with Gasteiger partial charge in [-0.1, -0.05) is 39.7 Å². The van der Waals surface area contributed by atoms with Crippen molar-refractivity contribution in [1.82, 2.24) is 0 Å². The van der Waals surface area contributed by atoms with Crippen LogP contribution in [0.1, 0.15) is 17.2 Å². The largest absolute Gasteiger partial charge is 0.384 e. The fourth-order valence-electron chi connectivity index (χ4n) is 1.60. The summed E-state index contributed by atoms with van der Waals surface area (Å²) in [5.74, 6) is -0.457. The Bertz CT molecular complexity index is 524. The van der Waals surface area contributed by atoms with E-state index in [0.717, 1.165) is 4.47 Å². The van der Waals surface area contributed by atoms with Crippen LogP contribution in [0.25, 0.3) is 0 Å². The van der Waals surface area contributed by atoms with Crippen LogP contribution in [0.3, 0.4) is 0 Å². The van der Waals surface area contributed by atoms with Crippen LogP contribution in [0.2, 0.25) is 5.02 Å². The van der Waals surface area contributed by atoms with Gasteiger partial charge in [0.05, 0.1) is 0 Å². The lowest BCUT2D eigenvalue weighted by Crippen LogP contribution is -2.00. The van der Waals surface area contributed by atoms with Crippen molar-refractivity contribution in [2.45, 2.75) is 6.10 Å². The first-order valence-corrected chi connectivity index (χ1v) is 6.13. The second kappa shape index (κ2) is 5.17. The second-order valence-corrected chi connectivity index (χ2v) is 5.01. The van der Waals surface area contributed by atoms with Crippen molar-refractivity contribution >= 4 is 27.5 Å². The molecule has 0 amide bonds. The minimum Gasteiger partial charge on any atom is -0.384 e. The zero-order valence-electron chi connectivity index (χ0n) is 8.70. The van der Waals surface area contributed by atoms with Gasteiger partial charge in [0.15, 0.2) is 0 Å². The van der Waals surface area contributed by atoms with E-state index in [4.69, 9.17) is 11.6 Å². The number of aliphatic hydroxyl groups excluding tert-OH is 1. The molecule has 1 N–H and O–H groups in total. The molecule has 0 fully saturated rings. The molecular formula is C13H9BrClFO. The summed E-state index contributed by atoms with van der Waals surface area (Å²) in [6.07, 6.45) is -0.888. The maximum Gasteiger partial charge on any atom is 0.125 e. The highest BCUT2D eigenvalue weighted by Crippen LogP contribution is 2.27. The van der Waals surface area contributed by atoms with Gasteiger partial charge in [-0.25, -0.2) is 4.39 Å². The van der Waals surface area contributed by atoms with Crippen LogP contribution in [0.5, 0.6) is 0 Å². The molecule has 1 nitrogen and oxygen atoms in total. The molecule has 1 atom stereocenters. The normalized spacial score (nSPS) is 12.5. The van der Waals surface area contributed by atoms with Gasteiger partial charge in [0, 0.05) is 9.50 Å². The van der Waals surface area contributed by atoms with Crippen molar-refractivity contribution in [3.63, 3.8) is 0 Å². The predicted molar refractivity (Wildman–Crippen MR) is 69.6 cm³/mol. The van der Waals surface area contributed by atoms with Crippen molar-refractivity contribution in [3.8, 4) is 0 Å². The molecule has 0 heterocycles. The third-order valence-electron chi connectivity index (χ3n) is 2.37. The van der Waals surface area contributed by atoms with Crippen LogP contribution in [0.15, 0.2) is 46.9 Å². The third-order valence-corrected chi connectivity index (χ3v) is 3.08. The topological polar surface area (TPSA) is 20.2 Å². The van der Waals surface area contributed by atoms with Gasteiger partial charge in [0.1, 0.15) is 11.9 Å². The number of halogens is 3. The number of hydrogen-bond acceptors (Lipinski definition) is 1. The van der Waals surface area contributed by atoms with Crippen molar-refractivity contribution in [3.05, 3.63) is 68.9 Å². The van der Waals surface area contributed by atoms with Gasteiger partial charge in [-0.3, -0.25) is 0 Å². The monoisotopic (exact) mass is 314 g/mol. The lowest BCUT2D eigenvalue weighted by atomic mass is 10.0. The molecule has 0 aliphatic heterocycles. The van der Waals surface area contributed by atoms with Crippen molar-refractivity contribution < 1.29 is 9.50 Å². The van der Waals surface area contributed by atoms with Crippen LogP contribution in [-0.2, 0) is 0 Å². The Morgan fingerprint density at radius 1 is 1.12 bits per heavy atom. The molecule has 2 rings (SSSR count). The van der Waals surface area contributed by atoms with E-state index in [-0.39, 0.29) is 5.02 Å². The van der Waals surface area contributed by atoms with Crippen LogP contribution in [0, 0.1) is 5.82 Å². The minimum absolute atomic E-state index is 0.272. The van der Waals surface area contributed by atoms with Crippen LogP contribution in [-0.4, -0.2) is 5.11 Å². The number of aliphatic hydroxyl groups is 1. The molecule has 0 aliphatic rings. The van der Waals surface area contributed by atoms with Gasteiger partial charge >= 0.3 is 0 Å². The molecule has 0 spiro atoms. The Morgan fingerprint density at radius 3 is 2.53 bits per heavy atom. The Labute approximate surface area is 112 Å². The SMILES string of the molecule is O[C@@H](c1cc(F)cc(Cl)c1)c1cccc(Br)c1. The first-order chi connectivity index (χ1) is 8.06. The van der Waals surface area contributed by atoms with E-state index in [9.17, 15) is 9.50 Å². The first-order valence-electron chi connectivity index (χ1n) is 4.96. The summed E-state index contributed by atoms with van der Waals surface area (Å²) in [5, 5.41) is 10.4. The molecule has 17 heavy (non-hydrogen) atoms. The quantitative estimate of drug-likeness (QED) is 0.875. The summed E-state index contributed by atoms with van der Waals surface area (Å²) in [7, 11) is 0. The summed E-state index contributed by atoms with van der Waals surface area (Å²) >= 11 is 9.07. The number of benzene rings is 2. The smallest absolute Gasteiger partial charge is 0.125 e. The van der Waals surface area contributed by atoms with E-state index in [1.165, 1.54) is 12.1 Å². The maximum atomic E-state index is 13.2. The molecule has 0 bridgehead atoms. The fraction of sp³-hybridized carbons (Fsp3) is 0.0769. The molecule has 2 aromatic rings. The summed E-state index contributed by atoms with van der Waals surface area (Å²) in [6, 6.07) is 11.3. The zero-order chi connectivity index (χ0) is 12.4. The Kier molecular flexibility index (Phi) is 3.82. The van der Waals surface area contributed by atoms with Gasteiger partial charge in [-0.2, -0.15) is 0 Å². The van der Waals surface area contributed by atoms with E-state index in [1.807, 2.05) is 12.1 Å². The third kappa shape index (κ3) is 3.06. The molecule has 0 unspecified atom stereocenters. The fourth-order valence-corrected chi connectivity index (χ4v) is 2.25. The van der Waals surface area contributed by atoms with Gasteiger partial charge < -0.3 is 5.11 Å². The zero-order valence-corrected chi connectivity index (χ0v) is 11.0. The minimum atomic E-state index is -0.888. The highest BCUT2D eigenvalue weighted by atomic mass is 79.9. The maximum absolute atomic E-state index is 13.2. The number of hydrogen-bond donors (Lipinski definition) is 1. The van der Waals surface area contributed by atoms with Crippen LogP contribution >= 0.6 is 27.5 Å². The van der Waals surface area contributed by atoms with Crippen LogP contribution < -0.4 is 0 Å². The molecular weight excluding hydrogens is 306 g/mol. The molecule has 4 heteroatoms. The second-order valence-electron chi connectivity index (χ2n) is 3.66. The molecule has 2 aromatic carbocycles. The Morgan fingerprint density at radius 2 is 1.88 bits per heavy atom. The molecule has 0 aliphatic carbocycles. The summed E-state index contributed by atoms with van der Waals surface area (Å²) in [6.45, 7) is 0. The molecule has 0 saturated carbocycles. The summed E-state index contributed by atoms with van der Waals surface area (Å²) in [5.41, 5.74) is 1.12. The van der Waals surface area contributed by atoms with Gasteiger partial charge in [0.25, 0.3) is 0 Å². The van der Waals surface area contributed by atoms with E-state index in [1.54, 1.807) is 18.2 Å². The van der Waals surface area contributed by atoms with Gasteiger partial charge in [-0.05, 0) is 41.5 Å². The van der Waals surface area contributed by atoms with Crippen LogP contribution in [0.4, 0.5) is 4.39 Å². The van der Waals surface area contributed by atoms with Crippen molar-refractivity contribution in [2.75, 3.05) is 0 Å². The lowest BCUT2D eigenvalue weighted by molar-refractivity contribution is 0.219. The average Bonchev–Trinajstić information content (AvgIpc) is 2.26. The standard InChI is InChI=1S/C13H9BrClFO/c14-10-3-1-2-8(4-10)13(17)9-5-11(15)7-12(16)6-9/h1-7,13,17H/t13-/m1/s1. The Balaban J connectivity index is 2.39. The highest BCUT2D eigenvalue weighted by molar-refractivity contribution is 9.10. The molecule has 0 aromatic heterocycles. The lowest BCUT2D eigenvalue weighted by Gasteiger charge is -2.12. The van der Waals surface area contributed by atoms with Crippen molar-refractivity contribution in [2.24, 2.45) is 0 Å². The molecule has 88 valence electrons. The van der Waals surface area contributed by atoms with Gasteiger partial charge in [-0.15, -0.1) is 0 Å². The van der Waals surface area contributed by atoms with Crippen molar-refractivity contribution in [1.29, 1.82) is 0 Å². The summed E-state index contributed by atoms with van der Waals surface area (Å²) in [4.78, 5) is 0. The predicted octanol–water partition coefficient (Wildman–Crippen LogP) is 4.32. The Hall–Kier alpha value is -0.900. The summed E-state index contributed by atoms with van der Waals surface area (Å²) < 4.78 is 14.0. The molecule has 0 saturated heterocycles. The van der Waals surface area contributed by atoms with E-state index >= 15 is 0 Å². The average molecular weight is 316 g/mol. The van der Waals surface area contributed by atoms with Gasteiger partial charge in [0.2, 0.25) is 0 Å². The van der Waals surface area contributed by atoms with E-state index in [0.29, 0.717) is 11.1 Å². The van der Waals surface area contributed by atoms with E-state index in [2.05, 4.69) is 15.9 Å². The molecule has 0 radical (unpaired) electrons. The highest BCUT2D eigenvalue weighted by Gasteiger charge is 2.12.